The minimum absolute atomic E-state index is 0.164. The second-order valence-corrected chi connectivity index (χ2v) is 10.5. The van der Waals surface area contributed by atoms with Crippen LogP contribution in [0.15, 0.2) is 65.5 Å². The molecule has 8 heteroatoms. The first-order valence-corrected chi connectivity index (χ1v) is 12.8. The summed E-state index contributed by atoms with van der Waals surface area (Å²) in [6.07, 6.45) is 0. The molecule has 1 atom stereocenters. The van der Waals surface area contributed by atoms with E-state index < -0.39 is 6.04 Å². The number of rotatable bonds is 6. The summed E-state index contributed by atoms with van der Waals surface area (Å²) < 4.78 is 1.59. The fraction of sp³-hybridized carbons (Fsp3) is 0.250. The molecule has 0 aliphatic heterocycles. The second-order valence-electron chi connectivity index (χ2n) is 9.21. The lowest BCUT2D eigenvalue weighted by atomic mass is 10.1. The fourth-order valence-electron chi connectivity index (χ4n) is 4.28. The minimum Gasteiger partial charge on any atom is -0.328 e. The van der Waals surface area contributed by atoms with Crippen LogP contribution in [0.5, 0.6) is 0 Å². The van der Waals surface area contributed by atoms with Gasteiger partial charge in [0.05, 0.1) is 32.7 Å². The first-order valence-electron chi connectivity index (χ1n) is 11.6. The van der Waals surface area contributed by atoms with Gasteiger partial charge in [0, 0.05) is 17.1 Å². The number of benzene rings is 3. The molecule has 186 valence electrons. The molecule has 4 rings (SSSR count). The lowest BCUT2D eigenvalue weighted by Gasteiger charge is -2.32. The summed E-state index contributed by atoms with van der Waals surface area (Å²) in [5.41, 5.74) is 2.25. The highest BCUT2D eigenvalue weighted by Crippen LogP contribution is 2.29. The van der Waals surface area contributed by atoms with Gasteiger partial charge in [0.25, 0.3) is 11.5 Å². The molecule has 4 aromatic rings. The Labute approximate surface area is 225 Å². The highest BCUT2D eigenvalue weighted by molar-refractivity contribution is 6.42. The van der Waals surface area contributed by atoms with Crippen LogP contribution in [0, 0.1) is 12.8 Å². The number of aromatic nitrogens is 2. The van der Waals surface area contributed by atoms with Crippen LogP contribution < -0.4 is 5.56 Å². The van der Waals surface area contributed by atoms with Crippen molar-refractivity contribution in [2.24, 2.45) is 5.92 Å². The van der Waals surface area contributed by atoms with Gasteiger partial charge in [0.2, 0.25) is 0 Å². The first-order chi connectivity index (χ1) is 17.1. The van der Waals surface area contributed by atoms with Gasteiger partial charge in [-0.3, -0.25) is 14.2 Å². The van der Waals surface area contributed by atoms with Gasteiger partial charge in [-0.1, -0.05) is 60.8 Å². The van der Waals surface area contributed by atoms with E-state index in [0.717, 1.165) is 5.56 Å². The van der Waals surface area contributed by atoms with Gasteiger partial charge in [-0.15, -0.1) is 0 Å². The van der Waals surface area contributed by atoms with Crippen molar-refractivity contribution < 1.29 is 4.79 Å². The van der Waals surface area contributed by atoms with E-state index in [2.05, 4.69) is 0 Å². The van der Waals surface area contributed by atoms with Crippen LogP contribution >= 0.6 is 34.8 Å². The van der Waals surface area contributed by atoms with Gasteiger partial charge in [-0.25, -0.2) is 4.98 Å². The van der Waals surface area contributed by atoms with E-state index in [9.17, 15) is 9.59 Å². The molecule has 1 aromatic heterocycles. The number of nitrogens with zero attached hydrogens (tertiary/aromatic N) is 3. The standard InChI is InChI=1S/C28H26Cl3N3O2/c1-16(2)15-33(27(35)19-9-11-22(30)23(31)14-19)18(4)26-32-24-8-6-5-7-21(24)28(36)34(26)25-12-10-20(29)13-17(25)3/h5-14,16,18H,15H2,1-4H3. The van der Waals surface area contributed by atoms with Crippen LogP contribution in [0.4, 0.5) is 0 Å². The van der Waals surface area contributed by atoms with Crippen molar-refractivity contribution in [3.05, 3.63) is 103 Å². The quantitative estimate of drug-likeness (QED) is 0.253. The van der Waals surface area contributed by atoms with Crippen LogP contribution in [-0.2, 0) is 0 Å². The summed E-state index contributed by atoms with van der Waals surface area (Å²) in [4.78, 5) is 34.2. The van der Waals surface area contributed by atoms with Crippen molar-refractivity contribution in [3.63, 3.8) is 0 Å². The summed E-state index contributed by atoms with van der Waals surface area (Å²) in [6, 6.07) is 16.9. The number of fused-ring (bicyclic) bond motifs is 1. The van der Waals surface area contributed by atoms with Gasteiger partial charge >= 0.3 is 0 Å². The molecule has 0 saturated heterocycles. The Morgan fingerprint density at radius 1 is 0.972 bits per heavy atom. The summed E-state index contributed by atoms with van der Waals surface area (Å²) >= 11 is 18.5. The summed E-state index contributed by atoms with van der Waals surface area (Å²) in [6.45, 7) is 8.29. The normalized spacial score (nSPS) is 12.2. The minimum atomic E-state index is -0.540. The van der Waals surface area contributed by atoms with E-state index in [0.29, 0.717) is 49.6 Å². The smallest absolute Gasteiger partial charge is 0.266 e. The monoisotopic (exact) mass is 541 g/mol. The van der Waals surface area contributed by atoms with Crippen molar-refractivity contribution in [3.8, 4) is 5.69 Å². The van der Waals surface area contributed by atoms with E-state index in [4.69, 9.17) is 39.8 Å². The lowest BCUT2D eigenvalue weighted by molar-refractivity contribution is 0.0655. The molecule has 0 spiro atoms. The Kier molecular flexibility index (Phi) is 7.74. The number of amides is 1. The van der Waals surface area contributed by atoms with Gasteiger partial charge in [-0.2, -0.15) is 0 Å². The zero-order valence-corrected chi connectivity index (χ0v) is 22.7. The molecule has 1 heterocycles. The topological polar surface area (TPSA) is 55.2 Å². The Hall–Kier alpha value is -2.86. The molecule has 1 amide bonds. The fourth-order valence-corrected chi connectivity index (χ4v) is 4.80. The zero-order valence-electron chi connectivity index (χ0n) is 20.4. The van der Waals surface area contributed by atoms with Crippen molar-refractivity contribution in [2.45, 2.75) is 33.7 Å². The van der Waals surface area contributed by atoms with Crippen molar-refractivity contribution >= 4 is 51.6 Å². The average Bonchev–Trinajstić information content (AvgIpc) is 2.84. The molecule has 0 radical (unpaired) electrons. The van der Waals surface area contributed by atoms with Crippen molar-refractivity contribution in [2.75, 3.05) is 6.54 Å². The van der Waals surface area contributed by atoms with E-state index in [-0.39, 0.29) is 17.4 Å². The maximum absolute atomic E-state index is 13.8. The van der Waals surface area contributed by atoms with Gasteiger partial charge in [-0.05, 0) is 73.9 Å². The number of halogens is 3. The predicted molar refractivity (Wildman–Crippen MR) is 148 cm³/mol. The first kappa shape index (κ1) is 26.2. The summed E-state index contributed by atoms with van der Waals surface area (Å²) in [7, 11) is 0. The van der Waals surface area contributed by atoms with Crippen LogP contribution in [0.3, 0.4) is 0 Å². The maximum Gasteiger partial charge on any atom is 0.266 e. The van der Waals surface area contributed by atoms with Crippen molar-refractivity contribution in [1.29, 1.82) is 0 Å². The molecule has 0 saturated carbocycles. The van der Waals surface area contributed by atoms with Crippen LogP contribution in [-0.4, -0.2) is 26.9 Å². The third-order valence-corrected chi connectivity index (χ3v) is 7.01. The highest BCUT2D eigenvalue weighted by Gasteiger charge is 2.29. The molecule has 36 heavy (non-hydrogen) atoms. The zero-order chi connectivity index (χ0) is 26.1. The Balaban J connectivity index is 1.94. The van der Waals surface area contributed by atoms with Crippen LogP contribution in [0.25, 0.3) is 16.6 Å². The number of aryl methyl sites for hydroxylation is 1. The Bertz CT molecular complexity index is 1510. The third-order valence-electron chi connectivity index (χ3n) is 6.03. The SMILES string of the molecule is Cc1cc(Cl)ccc1-n1c(C(C)N(CC(C)C)C(=O)c2ccc(Cl)c(Cl)c2)nc2ccccc2c1=O. The Morgan fingerprint density at radius 3 is 2.36 bits per heavy atom. The highest BCUT2D eigenvalue weighted by atomic mass is 35.5. The van der Waals surface area contributed by atoms with Crippen LogP contribution in [0.2, 0.25) is 15.1 Å². The van der Waals surface area contributed by atoms with Crippen molar-refractivity contribution in [1.82, 2.24) is 14.5 Å². The van der Waals surface area contributed by atoms with Crippen LogP contribution in [0.1, 0.15) is 48.6 Å². The number of para-hydroxylation sites is 1. The molecule has 0 N–H and O–H groups in total. The number of hydrogen-bond donors (Lipinski definition) is 0. The van der Waals surface area contributed by atoms with Gasteiger partial charge < -0.3 is 4.90 Å². The number of carbonyl (C=O) groups excluding carboxylic acids is 1. The molecule has 0 bridgehead atoms. The molecule has 0 aliphatic carbocycles. The summed E-state index contributed by atoms with van der Waals surface area (Å²) in [5, 5.41) is 1.75. The predicted octanol–water partition coefficient (Wildman–Crippen LogP) is 7.51. The molecular weight excluding hydrogens is 517 g/mol. The summed E-state index contributed by atoms with van der Waals surface area (Å²) in [5.74, 6) is 0.395. The molecule has 5 nitrogen and oxygen atoms in total. The molecule has 1 unspecified atom stereocenters. The largest absolute Gasteiger partial charge is 0.328 e. The maximum atomic E-state index is 13.8. The Morgan fingerprint density at radius 2 is 1.69 bits per heavy atom. The van der Waals surface area contributed by atoms with Gasteiger partial charge in [0.15, 0.2) is 0 Å². The van der Waals surface area contributed by atoms with E-state index in [1.807, 2.05) is 39.8 Å². The lowest BCUT2D eigenvalue weighted by Crippen LogP contribution is -2.39. The molecular formula is C28H26Cl3N3O2. The molecule has 3 aromatic carbocycles. The van der Waals surface area contributed by atoms with Gasteiger partial charge in [0.1, 0.15) is 5.82 Å². The number of carbonyl (C=O) groups is 1. The average molecular weight is 543 g/mol. The second kappa shape index (κ2) is 10.6. The molecule has 0 aliphatic rings. The third kappa shape index (κ3) is 5.15. The van der Waals surface area contributed by atoms with E-state index >= 15 is 0 Å². The number of hydrogen-bond acceptors (Lipinski definition) is 3. The van der Waals surface area contributed by atoms with E-state index in [1.165, 1.54) is 0 Å². The molecule has 0 fully saturated rings. The van der Waals surface area contributed by atoms with E-state index in [1.54, 1.807) is 58.0 Å².